The van der Waals surface area contributed by atoms with Crippen LogP contribution in [-0.2, 0) is 25.5 Å². The molecule has 10 nitrogen and oxygen atoms in total. The van der Waals surface area contributed by atoms with Crippen LogP contribution in [0.2, 0.25) is 0 Å². The van der Waals surface area contributed by atoms with Crippen LogP contribution in [0.25, 0.3) is 0 Å². The van der Waals surface area contributed by atoms with Gasteiger partial charge in [0.05, 0.1) is 6.61 Å². The zero-order valence-electron chi connectivity index (χ0n) is 25.6. The summed E-state index contributed by atoms with van der Waals surface area (Å²) >= 11 is 18.1. The highest BCUT2D eigenvalue weighted by Crippen LogP contribution is 2.40. The maximum absolute atomic E-state index is 12.9. The number of halogens is 3. The zero-order valence-corrected chi connectivity index (χ0v) is 27.9. The Bertz CT molecular complexity index is 1270. The van der Waals surface area contributed by atoms with Crippen LogP contribution < -0.4 is 21.3 Å². The average Bonchev–Trinajstić information content (AvgIpc) is 2.96. The van der Waals surface area contributed by atoms with E-state index in [4.69, 9.17) is 44.3 Å². The number of carbonyl (C=O) groups is 4. The van der Waals surface area contributed by atoms with Gasteiger partial charge in [0.1, 0.15) is 18.7 Å². The lowest BCUT2D eigenvalue weighted by Gasteiger charge is -2.27. The Morgan fingerprint density at radius 2 is 1.48 bits per heavy atom. The molecule has 0 fully saturated rings. The molecule has 0 aliphatic rings. The lowest BCUT2D eigenvalue weighted by Crippen LogP contribution is -2.45. The molecule has 2 aromatic rings. The topological polar surface area (TPSA) is 135 Å². The van der Waals surface area contributed by atoms with Gasteiger partial charge in [0.2, 0.25) is 0 Å². The van der Waals surface area contributed by atoms with E-state index in [1.807, 2.05) is 44.2 Å². The normalized spacial score (nSPS) is 13.2. The number of esters is 2. The first-order valence-electron chi connectivity index (χ1n) is 14.5. The highest BCUT2D eigenvalue weighted by atomic mass is 35.6. The summed E-state index contributed by atoms with van der Waals surface area (Å²) in [5.41, 5.74) is 3.13. The van der Waals surface area contributed by atoms with E-state index < -0.39 is 39.9 Å². The fourth-order valence-corrected chi connectivity index (χ4v) is 5.15. The summed E-state index contributed by atoms with van der Waals surface area (Å²) in [7, 11) is 0. The molecule has 0 aliphatic carbocycles. The van der Waals surface area contributed by atoms with Crippen molar-refractivity contribution in [3.05, 3.63) is 59.2 Å². The summed E-state index contributed by atoms with van der Waals surface area (Å²) in [4.78, 5) is 50.5. The molecular formula is C31H41Cl3N4O6. The lowest BCUT2D eigenvalue weighted by molar-refractivity contribution is -0.149. The van der Waals surface area contributed by atoms with Gasteiger partial charge >= 0.3 is 24.0 Å². The van der Waals surface area contributed by atoms with E-state index in [-0.39, 0.29) is 25.5 Å². The van der Waals surface area contributed by atoms with E-state index in [0.717, 1.165) is 16.7 Å². The molecule has 0 saturated carbocycles. The SMILES string of the molecule is CCOC(=O)[C@H](Cc1ccccc1)NC(=O)Nc1cc(NC(=O)NCC(=O)OC(CC)CC(CC)C(Cl)(Cl)Cl)c(C)cc1C. The Morgan fingerprint density at radius 3 is 2.02 bits per heavy atom. The summed E-state index contributed by atoms with van der Waals surface area (Å²) in [5.74, 6) is -1.47. The lowest BCUT2D eigenvalue weighted by atomic mass is 9.99. The number of urea groups is 2. The molecule has 2 aromatic carbocycles. The number of alkyl halides is 3. The molecule has 0 aromatic heterocycles. The monoisotopic (exact) mass is 670 g/mol. The molecule has 3 atom stereocenters. The third-order valence-corrected chi connectivity index (χ3v) is 7.80. The fourth-order valence-electron chi connectivity index (χ4n) is 4.42. The number of anilines is 2. The standard InChI is InChI=1S/C31H41Cl3N4O6/c1-6-22(31(32,33)34)16-23(7-2)44-27(39)18-35-29(41)36-24-17-25(20(5)14-19(24)4)37-30(42)38-26(28(40)43-8-3)15-21-12-10-9-11-13-21/h9-14,17,22-23,26H,6-8,15-16,18H2,1-5H3,(H2,35,36,41)(H2,37,38,42)/t22?,23?,26-/m0/s1. The number of ether oxygens (including phenoxy) is 2. The molecule has 2 unspecified atom stereocenters. The van der Waals surface area contributed by atoms with Crippen molar-refractivity contribution >= 4 is 70.2 Å². The van der Waals surface area contributed by atoms with Crippen molar-refractivity contribution in [2.75, 3.05) is 23.8 Å². The van der Waals surface area contributed by atoms with Crippen molar-refractivity contribution in [1.29, 1.82) is 0 Å². The molecule has 0 radical (unpaired) electrons. The van der Waals surface area contributed by atoms with Crippen molar-refractivity contribution in [2.24, 2.45) is 5.92 Å². The Hall–Kier alpha value is -3.21. The van der Waals surface area contributed by atoms with Crippen LogP contribution in [0, 0.1) is 19.8 Å². The molecule has 13 heteroatoms. The Balaban J connectivity index is 2.00. The number of carbonyl (C=O) groups excluding carboxylic acids is 4. The second-order valence-corrected chi connectivity index (χ2v) is 12.7. The smallest absolute Gasteiger partial charge is 0.329 e. The second-order valence-electron chi connectivity index (χ2n) is 10.3. The number of amides is 4. The van der Waals surface area contributed by atoms with Gasteiger partial charge in [-0.3, -0.25) is 4.79 Å². The van der Waals surface area contributed by atoms with Crippen molar-refractivity contribution < 1.29 is 28.7 Å². The van der Waals surface area contributed by atoms with Gasteiger partial charge in [-0.15, -0.1) is 0 Å². The van der Waals surface area contributed by atoms with Gasteiger partial charge < -0.3 is 30.7 Å². The number of aryl methyl sites for hydroxylation is 2. The fraction of sp³-hybridized carbons (Fsp3) is 0.484. The molecule has 242 valence electrons. The molecule has 2 rings (SSSR count). The van der Waals surface area contributed by atoms with E-state index in [9.17, 15) is 19.2 Å². The van der Waals surface area contributed by atoms with Crippen molar-refractivity contribution in [1.82, 2.24) is 10.6 Å². The number of benzene rings is 2. The second kappa shape index (κ2) is 17.9. The zero-order chi connectivity index (χ0) is 32.9. The first-order chi connectivity index (χ1) is 20.8. The molecule has 4 amide bonds. The summed E-state index contributed by atoms with van der Waals surface area (Å²) in [6, 6.07) is 10.5. The maximum atomic E-state index is 12.9. The quantitative estimate of drug-likeness (QED) is 0.129. The predicted molar refractivity (Wildman–Crippen MR) is 175 cm³/mol. The van der Waals surface area contributed by atoms with Gasteiger partial charge in [-0.2, -0.15) is 0 Å². The Labute approximate surface area is 273 Å². The Kier molecular flexibility index (Phi) is 15.1. The van der Waals surface area contributed by atoms with E-state index in [2.05, 4.69) is 21.3 Å². The van der Waals surface area contributed by atoms with Crippen LogP contribution in [0.5, 0.6) is 0 Å². The van der Waals surface area contributed by atoms with Gasteiger partial charge in [0.15, 0.2) is 3.79 Å². The molecule has 0 bridgehead atoms. The minimum Gasteiger partial charge on any atom is -0.464 e. The van der Waals surface area contributed by atoms with Crippen LogP contribution in [-0.4, -0.2) is 53.1 Å². The molecule has 0 heterocycles. The van der Waals surface area contributed by atoms with Crippen LogP contribution in [0.15, 0.2) is 42.5 Å². The number of rotatable bonds is 14. The highest BCUT2D eigenvalue weighted by molar-refractivity contribution is 6.67. The van der Waals surface area contributed by atoms with Gasteiger partial charge in [0, 0.05) is 23.7 Å². The minimum atomic E-state index is -1.47. The maximum Gasteiger partial charge on any atom is 0.329 e. The van der Waals surface area contributed by atoms with E-state index in [1.165, 1.54) is 0 Å². The predicted octanol–water partition coefficient (Wildman–Crippen LogP) is 6.83. The molecular weight excluding hydrogens is 631 g/mol. The van der Waals surface area contributed by atoms with Gasteiger partial charge in [-0.1, -0.05) is 85.0 Å². The van der Waals surface area contributed by atoms with E-state index in [0.29, 0.717) is 30.6 Å². The molecule has 0 aliphatic heterocycles. The van der Waals surface area contributed by atoms with Gasteiger partial charge in [0.25, 0.3) is 0 Å². The number of hydrogen-bond donors (Lipinski definition) is 4. The van der Waals surface area contributed by atoms with Gasteiger partial charge in [-0.25, -0.2) is 14.4 Å². The van der Waals surface area contributed by atoms with Crippen molar-refractivity contribution in [2.45, 2.75) is 76.2 Å². The summed E-state index contributed by atoms with van der Waals surface area (Å²) in [6.45, 7) is 8.83. The third kappa shape index (κ3) is 12.4. The molecule has 0 saturated heterocycles. The highest BCUT2D eigenvalue weighted by Gasteiger charge is 2.33. The number of nitrogens with one attached hydrogen (secondary N) is 4. The van der Waals surface area contributed by atoms with Gasteiger partial charge in [-0.05, 0) is 62.8 Å². The van der Waals surface area contributed by atoms with Crippen molar-refractivity contribution in [3.8, 4) is 0 Å². The summed E-state index contributed by atoms with van der Waals surface area (Å²) < 4.78 is 9.16. The average molecular weight is 672 g/mol. The first kappa shape index (κ1) is 37.0. The summed E-state index contributed by atoms with van der Waals surface area (Å²) in [6.07, 6.45) is 1.27. The van der Waals surface area contributed by atoms with Crippen LogP contribution in [0.3, 0.4) is 0 Å². The third-order valence-electron chi connectivity index (χ3n) is 6.88. The number of hydrogen-bond acceptors (Lipinski definition) is 6. The van der Waals surface area contributed by atoms with Crippen LogP contribution in [0.1, 0.15) is 56.7 Å². The summed E-state index contributed by atoms with van der Waals surface area (Å²) in [5, 5.41) is 10.6. The van der Waals surface area contributed by atoms with Crippen LogP contribution in [0.4, 0.5) is 21.0 Å². The molecule has 4 N–H and O–H groups in total. The first-order valence-corrected chi connectivity index (χ1v) is 15.6. The largest absolute Gasteiger partial charge is 0.464 e. The van der Waals surface area contributed by atoms with Crippen molar-refractivity contribution in [3.63, 3.8) is 0 Å². The van der Waals surface area contributed by atoms with E-state index >= 15 is 0 Å². The molecule has 44 heavy (non-hydrogen) atoms. The Morgan fingerprint density at radius 1 is 0.864 bits per heavy atom. The minimum absolute atomic E-state index is 0.175. The van der Waals surface area contributed by atoms with Crippen LogP contribution >= 0.6 is 34.8 Å². The molecule has 0 spiro atoms. The van der Waals surface area contributed by atoms with E-state index in [1.54, 1.807) is 32.9 Å².